The minimum Gasteiger partial charge on any atom is -0.496 e. The number of rotatable bonds is 2. The summed E-state index contributed by atoms with van der Waals surface area (Å²) in [7, 11) is 1.58. The van der Waals surface area contributed by atoms with Crippen LogP contribution in [-0.4, -0.2) is 7.11 Å². The fraction of sp³-hybridized carbons (Fsp3) is 0.0769. The average molecular weight is 363 g/mol. The molecule has 0 radical (unpaired) electrons. The van der Waals surface area contributed by atoms with E-state index >= 15 is 0 Å². The fourth-order valence-corrected chi connectivity index (χ4v) is 2.39. The molecule has 0 aliphatic rings. The number of hydrogen-bond donors (Lipinski definition) is 0. The highest BCUT2D eigenvalue weighted by Crippen LogP contribution is 2.35. The average Bonchev–Trinajstić information content (AvgIpc) is 2.32. The van der Waals surface area contributed by atoms with Gasteiger partial charge in [0.1, 0.15) is 11.6 Å². The maximum Gasteiger partial charge on any atom is 0.126 e. The number of hydrogen-bond acceptors (Lipinski definition) is 1. The van der Waals surface area contributed by atoms with Crippen LogP contribution in [-0.2, 0) is 0 Å². The zero-order chi connectivity index (χ0) is 12.4. The molecular weight excluding hydrogens is 353 g/mol. The van der Waals surface area contributed by atoms with Crippen LogP contribution in [0.5, 0.6) is 5.75 Å². The maximum absolute atomic E-state index is 13.3. The SMILES string of the molecule is COc1ccc(Cl)cc1-c1cc(F)ccc1I. The van der Waals surface area contributed by atoms with Gasteiger partial charge in [0.15, 0.2) is 0 Å². The summed E-state index contributed by atoms with van der Waals surface area (Å²) in [5, 5.41) is 0.598. The number of ether oxygens (including phenoxy) is 1. The summed E-state index contributed by atoms with van der Waals surface area (Å²) in [6, 6.07) is 9.94. The van der Waals surface area contributed by atoms with Crippen LogP contribution in [0.2, 0.25) is 5.02 Å². The van der Waals surface area contributed by atoms with Crippen molar-refractivity contribution in [3.8, 4) is 16.9 Å². The third-order valence-corrected chi connectivity index (χ3v) is 3.56. The van der Waals surface area contributed by atoms with Crippen molar-refractivity contribution in [2.24, 2.45) is 0 Å². The molecule has 4 heteroatoms. The van der Waals surface area contributed by atoms with Crippen molar-refractivity contribution in [2.75, 3.05) is 7.11 Å². The second kappa shape index (κ2) is 5.23. The van der Waals surface area contributed by atoms with Crippen LogP contribution in [0, 0.1) is 9.39 Å². The largest absolute Gasteiger partial charge is 0.496 e. The molecule has 0 saturated carbocycles. The molecule has 0 amide bonds. The smallest absolute Gasteiger partial charge is 0.126 e. The fourth-order valence-electron chi connectivity index (χ4n) is 1.59. The summed E-state index contributed by atoms with van der Waals surface area (Å²) in [6.07, 6.45) is 0. The lowest BCUT2D eigenvalue weighted by atomic mass is 10.0. The maximum atomic E-state index is 13.3. The molecule has 1 nitrogen and oxygen atoms in total. The molecule has 0 heterocycles. The first-order chi connectivity index (χ1) is 8.11. The molecule has 2 aromatic rings. The standard InChI is InChI=1S/C13H9ClFIO/c1-17-13-5-2-8(14)6-11(13)10-7-9(15)3-4-12(10)16/h2-7H,1H3. The van der Waals surface area contributed by atoms with Crippen molar-refractivity contribution in [2.45, 2.75) is 0 Å². The molecule has 88 valence electrons. The Balaban J connectivity index is 2.66. The third-order valence-electron chi connectivity index (χ3n) is 2.38. The first kappa shape index (κ1) is 12.6. The lowest BCUT2D eigenvalue weighted by Gasteiger charge is -2.10. The highest BCUT2D eigenvalue weighted by Gasteiger charge is 2.10. The summed E-state index contributed by atoms with van der Waals surface area (Å²) in [4.78, 5) is 0. The van der Waals surface area contributed by atoms with Crippen LogP contribution in [0.3, 0.4) is 0 Å². The number of halogens is 3. The monoisotopic (exact) mass is 362 g/mol. The normalized spacial score (nSPS) is 10.4. The van der Waals surface area contributed by atoms with Crippen LogP contribution in [0.4, 0.5) is 4.39 Å². The van der Waals surface area contributed by atoms with E-state index in [0.717, 1.165) is 14.7 Å². The Labute approximate surface area is 118 Å². The zero-order valence-corrected chi connectivity index (χ0v) is 11.9. The van der Waals surface area contributed by atoms with Gasteiger partial charge < -0.3 is 4.74 Å². The van der Waals surface area contributed by atoms with E-state index < -0.39 is 0 Å². The second-order valence-corrected chi connectivity index (χ2v) is 5.07. The molecule has 2 rings (SSSR count). The molecule has 0 aromatic heterocycles. The molecule has 0 spiro atoms. The highest BCUT2D eigenvalue weighted by molar-refractivity contribution is 14.1. The lowest BCUT2D eigenvalue weighted by Crippen LogP contribution is -1.91. The number of benzene rings is 2. The predicted octanol–water partition coefficient (Wildman–Crippen LogP) is 4.76. The summed E-state index contributed by atoms with van der Waals surface area (Å²) in [5.41, 5.74) is 1.58. The van der Waals surface area contributed by atoms with Crippen LogP contribution >= 0.6 is 34.2 Å². The molecule has 0 fully saturated rings. The van der Waals surface area contributed by atoms with Gasteiger partial charge in [-0.2, -0.15) is 0 Å². The Bertz CT molecular complexity index is 557. The van der Waals surface area contributed by atoms with Crippen LogP contribution in [0.1, 0.15) is 0 Å². The van der Waals surface area contributed by atoms with E-state index in [2.05, 4.69) is 22.6 Å². The van der Waals surface area contributed by atoms with E-state index in [4.69, 9.17) is 16.3 Å². The molecular formula is C13H9ClFIO. The van der Waals surface area contributed by atoms with Crippen molar-refractivity contribution >= 4 is 34.2 Å². The van der Waals surface area contributed by atoms with E-state index in [1.165, 1.54) is 12.1 Å². The Morgan fingerprint density at radius 3 is 2.59 bits per heavy atom. The first-order valence-corrected chi connectivity index (χ1v) is 6.36. The van der Waals surface area contributed by atoms with E-state index in [0.29, 0.717) is 10.8 Å². The van der Waals surface area contributed by atoms with Gasteiger partial charge in [-0.05, 0) is 59.0 Å². The van der Waals surface area contributed by atoms with Crippen LogP contribution in [0.15, 0.2) is 36.4 Å². The van der Waals surface area contributed by atoms with Gasteiger partial charge in [0, 0.05) is 19.7 Å². The van der Waals surface area contributed by atoms with Crippen LogP contribution in [0.25, 0.3) is 11.1 Å². The lowest BCUT2D eigenvalue weighted by molar-refractivity contribution is 0.416. The third kappa shape index (κ3) is 2.72. The van der Waals surface area contributed by atoms with Gasteiger partial charge >= 0.3 is 0 Å². The van der Waals surface area contributed by atoms with Gasteiger partial charge in [-0.25, -0.2) is 4.39 Å². The molecule has 0 bridgehead atoms. The minimum absolute atomic E-state index is 0.276. The van der Waals surface area contributed by atoms with Crippen molar-refractivity contribution in [1.29, 1.82) is 0 Å². The van der Waals surface area contributed by atoms with E-state index in [1.807, 2.05) is 0 Å². The van der Waals surface area contributed by atoms with Gasteiger partial charge in [0.05, 0.1) is 7.11 Å². The molecule has 0 N–H and O–H groups in total. The first-order valence-electron chi connectivity index (χ1n) is 4.91. The Kier molecular flexibility index (Phi) is 3.89. The van der Waals surface area contributed by atoms with Gasteiger partial charge in [0.25, 0.3) is 0 Å². The zero-order valence-electron chi connectivity index (χ0n) is 9.01. The summed E-state index contributed by atoms with van der Waals surface area (Å²) in [5.74, 6) is 0.403. The quantitative estimate of drug-likeness (QED) is 0.700. The van der Waals surface area contributed by atoms with E-state index in [9.17, 15) is 4.39 Å². The Morgan fingerprint density at radius 1 is 1.12 bits per heavy atom. The van der Waals surface area contributed by atoms with Crippen molar-refractivity contribution in [1.82, 2.24) is 0 Å². The molecule has 0 aliphatic heterocycles. The molecule has 0 atom stereocenters. The van der Waals surface area contributed by atoms with E-state index in [1.54, 1.807) is 31.4 Å². The highest BCUT2D eigenvalue weighted by atomic mass is 127. The Morgan fingerprint density at radius 2 is 1.88 bits per heavy atom. The van der Waals surface area contributed by atoms with Crippen molar-refractivity contribution in [3.05, 3.63) is 50.8 Å². The van der Waals surface area contributed by atoms with Crippen LogP contribution < -0.4 is 4.74 Å². The van der Waals surface area contributed by atoms with Gasteiger partial charge in [-0.3, -0.25) is 0 Å². The predicted molar refractivity (Wildman–Crippen MR) is 76.1 cm³/mol. The van der Waals surface area contributed by atoms with E-state index in [-0.39, 0.29) is 5.82 Å². The topological polar surface area (TPSA) is 9.23 Å². The molecule has 2 aromatic carbocycles. The number of methoxy groups -OCH3 is 1. The molecule has 0 aliphatic carbocycles. The van der Waals surface area contributed by atoms with Gasteiger partial charge in [0.2, 0.25) is 0 Å². The van der Waals surface area contributed by atoms with Gasteiger partial charge in [-0.15, -0.1) is 0 Å². The van der Waals surface area contributed by atoms with Gasteiger partial charge in [-0.1, -0.05) is 11.6 Å². The molecule has 0 saturated heterocycles. The molecule has 17 heavy (non-hydrogen) atoms. The van der Waals surface area contributed by atoms with Crippen molar-refractivity contribution < 1.29 is 9.13 Å². The second-order valence-electron chi connectivity index (χ2n) is 3.47. The Hall–Kier alpha value is -0.810. The summed E-state index contributed by atoms with van der Waals surface area (Å²) >= 11 is 8.12. The molecule has 0 unspecified atom stereocenters. The minimum atomic E-state index is -0.276. The van der Waals surface area contributed by atoms with Crippen molar-refractivity contribution in [3.63, 3.8) is 0 Å². The summed E-state index contributed by atoms with van der Waals surface area (Å²) < 4.78 is 19.5. The summed E-state index contributed by atoms with van der Waals surface area (Å²) in [6.45, 7) is 0.